The number of carbonyl (C=O) groups excluding carboxylic acids is 1. The van der Waals surface area contributed by atoms with E-state index >= 15 is 0 Å². The topological polar surface area (TPSA) is 64.0 Å². The van der Waals surface area contributed by atoms with E-state index in [-0.39, 0.29) is 11.5 Å². The Balaban J connectivity index is 1.89. The van der Waals surface area contributed by atoms with Gasteiger partial charge in [-0.05, 0) is 44.5 Å². The van der Waals surface area contributed by atoms with E-state index in [1.54, 1.807) is 31.2 Å². The summed E-state index contributed by atoms with van der Waals surface area (Å²) < 4.78 is 1.20. The van der Waals surface area contributed by atoms with Gasteiger partial charge in [-0.2, -0.15) is 5.10 Å². The van der Waals surface area contributed by atoms with Crippen molar-refractivity contribution in [1.82, 2.24) is 9.78 Å². The first-order chi connectivity index (χ1) is 12.9. The predicted octanol–water partition coefficient (Wildman–Crippen LogP) is 4.38. The van der Waals surface area contributed by atoms with Crippen LogP contribution < -0.4 is 10.9 Å². The van der Waals surface area contributed by atoms with Gasteiger partial charge in [-0.25, -0.2) is 4.68 Å². The van der Waals surface area contributed by atoms with Crippen LogP contribution in [-0.2, 0) is 4.79 Å². The first kappa shape index (κ1) is 18.9. The molecule has 1 amide bonds. The number of carbonyl (C=O) groups is 1. The van der Waals surface area contributed by atoms with Crippen LogP contribution in [0, 0.1) is 13.8 Å². The molecule has 1 heterocycles. The third-order valence-corrected chi connectivity index (χ3v) is 4.85. The van der Waals surface area contributed by atoms with E-state index in [0.29, 0.717) is 16.4 Å². The van der Waals surface area contributed by atoms with Crippen molar-refractivity contribution >= 4 is 23.2 Å². The molecular formula is C21H20ClN3O2. The summed E-state index contributed by atoms with van der Waals surface area (Å²) in [5, 5.41) is 7.78. The van der Waals surface area contributed by atoms with Crippen LogP contribution in [0.5, 0.6) is 0 Å². The Bertz CT molecular complexity index is 1040. The summed E-state index contributed by atoms with van der Waals surface area (Å²) in [7, 11) is 0. The Morgan fingerprint density at radius 3 is 2.48 bits per heavy atom. The lowest BCUT2D eigenvalue weighted by molar-refractivity contribution is -0.119. The molecule has 0 unspecified atom stereocenters. The molecule has 27 heavy (non-hydrogen) atoms. The Morgan fingerprint density at radius 2 is 1.78 bits per heavy atom. The number of nitrogens with zero attached hydrogens (tertiary/aromatic N) is 2. The Kier molecular flexibility index (Phi) is 5.42. The van der Waals surface area contributed by atoms with Crippen molar-refractivity contribution in [3.8, 4) is 11.3 Å². The third-order valence-electron chi connectivity index (χ3n) is 4.44. The van der Waals surface area contributed by atoms with Crippen LogP contribution in [0.15, 0.2) is 59.4 Å². The van der Waals surface area contributed by atoms with E-state index in [2.05, 4.69) is 10.4 Å². The van der Waals surface area contributed by atoms with Crippen molar-refractivity contribution in [2.24, 2.45) is 0 Å². The van der Waals surface area contributed by atoms with Crippen LogP contribution in [0.25, 0.3) is 11.3 Å². The fourth-order valence-corrected chi connectivity index (χ4v) is 2.85. The predicted molar refractivity (Wildman–Crippen MR) is 108 cm³/mol. The van der Waals surface area contributed by atoms with Gasteiger partial charge in [0.05, 0.1) is 5.69 Å². The van der Waals surface area contributed by atoms with Gasteiger partial charge in [0.25, 0.3) is 5.56 Å². The summed E-state index contributed by atoms with van der Waals surface area (Å²) in [6.07, 6.45) is 0. The van der Waals surface area contributed by atoms with Gasteiger partial charge in [0.1, 0.15) is 6.04 Å². The summed E-state index contributed by atoms with van der Waals surface area (Å²) >= 11 is 6.10. The number of anilines is 1. The van der Waals surface area contributed by atoms with Crippen molar-refractivity contribution in [2.45, 2.75) is 26.8 Å². The lowest BCUT2D eigenvalue weighted by atomic mass is 10.1. The fraction of sp³-hybridized carbons (Fsp3) is 0.190. The average molecular weight is 382 g/mol. The highest BCUT2D eigenvalue weighted by Gasteiger charge is 2.19. The second-order valence-corrected chi connectivity index (χ2v) is 6.85. The minimum atomic E-state index is -0.777. The quantitative estimate of drug-likeness (QED) is 0.729. The maximum Gasteiger partial charge on any atom is 0.267 e. The molecular weight excluding hydrogens is 362 g/mol. The molecule has 0 fully saturated rings. The van der Waals surface area contributed by atoms with Crippen molar-refractivity contribution in [3.63, 3.8) is 0 Å². The summed E-state index contributed by atoms with van der Waals surface area (Å²) in [5.41, 5.74) is 3.70. The maximum absolute atomic E-state index is 12.7. The van der Waals surface area contributed by atoms with Crippen molar-refractivity contribution in [1.29, 1.82) is 0 Å². The number of aryl methyl sites for hydroxylation is 1. The summed E-state index contributed by atoms with van der Waals surface area (Å²) in [4.78, 5) is 24.9. The smallest absolute Gasteiger partial charge is 0.267 e. The van der Waals surface area contributed by atoms with Crippen LogP contribution in [0.1, 0.15) is 24.1 Å². The zero-order valence-electron chi connectivity index (χ0n) is 15.4. The highest BCUT2D eigenvalue weighted by Crippen LogP contribution is 2.24. The van der Waals surface area contributed by atoms with Gasteiger partial charge in [-0.1, -0.05) is 47.5 Å². The Morgan fingerprint density at radius 1 is 1.07 bits per heavy atom. The van der Waals surface area contributed by atoms with Crippen LogP contribution >= 0.6 is 11.6 Å². The number of amides is 1. The first-order valence-corrected chi connectivity index (χ1v) is 8.97. The number of hydrogen-bond donors (Lipinski definition) is 1. The normalized spacial score (nSPS) is 11.9. The minimum Gasteiger partial charge on any atom is -0.324 e. The summed E-state index contributed by atoms with van der Waals surface area (Å²) in [6, 6.07) is 15.4. The van der Waals surface area contributed by atoms with Gasteiger partial charge in [0.2, 0.25) is 5.91 Å². The zero-order chi connectivity index (χ0) is 19.6. The van der Waals surface area contributed by atoms with E-state index in [9.17, 15) is 9.59 Å². The van der Waals surface area contributed by atoms with E-state index in [1.807, 2.05) is 38.1 Å². The molecule has 5 nitrogen and oxygen atoms in total. The molecule has 2 aromatic carbocycles. The Labute approximate surface area is 162 Å². The highest BCUT2D eigenvalue weighted by molar-refractivity contribution is 6.31. The molecule has 138 valence electrons. The van der Waals surface area contributed by atoms with Crippen LogP contribution in [-0.4, -0.2) is 15.7 Å². The average Bonchev–Trinajstić information content (AvgIpc) is 2.66. The first-order valence-electron chi connectivity index (χ1n) is 8.59. The van der Waals surface area contributed by atoms with E-state index < -0.39 is 6.04 Å². The number of hydrogen-bond acceptors (Lipinski definition) is 3. The van der Waals surface area contributed by atoms with Crippen LogP contribution in [0.2, 0.25) is 5.02 Å². The molecule has 0 saturated heterocycles. The van der Waals surface area contributed by atoms with Crippen molar-refractivity contribution < 1.29 is 4.79 Å². The molecule has 0 radical (unpaired) electrons. The molecule has 3 aromatic rings. The number of halogens is 1. The molecule has 0 aliphatic heterocycles. The molecule has 0 spiro atoms. The van der Waals surface area contributed by atoms with Gasteiger partial charge >= 0.3 is 0 Å². The molecule has 3 rings (SSSR count). The second-order valence-electron chi connectivity index (χ2n) is 6.45. The second kappa shape index (κ2) is 7.76. The van der Waals surface area contributed by atoms with E-state index in [1.165, 1.54) is 10.7 Å². The van der Waals surface area contributed by atoms with Crippen LogP contribution in [0.3, 0.4) is 0 Å². The molecule has 1 aromatic heterocycles. The molecule has 1 N–H and O–H groups in total. The molecule has 6 heteroatoms. The minimum absolute atomic E-state index is 0.337. The molecule has 0 bridgehead atoms. The molecule has 0 aliphatic rings. The SMILES string of the molecule is Cc1ccc(-c2ccc(=O)n([C@@H](C)C(=O)Nc3cccc(Cl)c3C)n2)cc1. The lowest BCUT2D eigenvalue weighted by Crippen LogP contribution is -2.33. The van der Waals surface area contributed by atoms with E-state index in [0.717, 1.165) is 16.7 Å². The Hall–Kier alpha value is -2.92. The molecule has 1 atom stereocenters. The number of aromatic nitrogens is 2. The monoisotopic (exact) mass is 381 g/mol. The number of nitrogens with one attached hydrogen (secondary N) is 1. The molecule has 0 saturated carbocycles. The maximum atomic E-state index is 12.7. The van der Waals surface area contributed by atoms with Gasteiger partial charge in [-0.3, -0.25) is 9.59 Å². The fourth-order valence-electron chi connectivity index (χ4n) is 2.67. The standard InChI is InChI=1S/C21H20ClN3O2/c1-13-7-9-16(10-8-13)19-11-12-20(26)25(24-19)15(3)21(27)23-18-6-4-5-17(22)14(18)2/h4-12,15H,1-3H3,(H,23,27)/t15-/m0/s1. The van der Waals surface area contributed by atoms with Crippen LogP contribution in [0.4, 0.5) is 5.69 Å². The molecule has 0 aliphatic carbocycles. The number of benzene rings is 2. The highest BCUT2D eigenvalue weighted by atomic mass is 35.5. The van der Waals surface area contributed by atoms with Gasteiger partial charge in [-0.15, -0.1) is 0 Å². The van der Waals surface area contributed by atoms with E-state index in [4.69, 9.17) is 11.6 Å². The summed E-state index contributed by atoms with van der Waals surface area (Å²) in [6.45, 7) is 5.47. The van der Waals surface area contributed by atoms with Crippen molar-refractivity contribution in [2.75, 3.05) is 5.32 Å². The van der Waals surface area contributed by atoms with Gasteiger partial charge in [0, 0.05) is 22.3 Å². The summed E-state index contributed by atoms with van der Waals surface area (Å²) in [5.74, 6) is -0.337. The van der Waals surface area contributed by atoms with Gasteiger partial charge < -0.3 is 5.32 Å². The van der Waals surface area contributed by atoms with Gasteiger partial charge in [0.15, 0.2) is 0 Å². The number of rotatable bonds is 4. The lowest BCUT2D eigenvalue weighted by Gasteiger charge is -2.16. The zero-order valence-corrected chi connectivity index (χ0v) is 16.1. The largest absolute Gasteiger partial charge is 0.324 e. The third kappa shape index (κ3) is 4.09. The van der Waals surface area contributed by atoms with Crippen molar-refractivity contribution in [3.05, 3.63) is 81.1 Å².